The smallest absolute Gasteiger partial charge is 0.145 e. The molecule has 1 saturated heterocycles. The summed E-state index contributed by atoms with van der Waals surface area (Å²) in [4.78, 5) is 9.71. The molecule has 72 valence electrons. The van der Waals surface area contributed by atoms with Gasteiger partial charge in [0.1, 0.15) is 23.9 Å². The molecule has 0 saturated carbocycles. The van der Waals surface area contributed by atoms with Gasteiger partial charge in [-0.1, -0.05) is 0 Å². The van der Waals surface area contributed by atoms with E-state index >= 15 is 0 Å². The Labute approximate surface area is 81.6 Å². The molecule has 0 spiro atoms. The highest BCUT2D eigenvalue weighted by molar-refractivity contribution is 5.45. The highest BCUT2D eigenvalue weighted by atomic mass is 16.3. The maximum absolute atomic E-state index is 9.52. The summed E-state index contributed by atoms with van der Waals surface area (Å²) in [6.07, 6.45) is 1.36. The van der Waals surface area contributed by atoms with E-state index in [4.69, 9.17) is 5.26 Å². The van der Waals surface area contributed by atoms with Crippen molar-refractivity contribution in [2.45, 2.75) is 12.5 Å². The molecule has 0 bridgehead atoms. The normalized spacial score (nSPS) is 18.5. The average Bonchev–Trinajstić information content (AvgIpc) is 2.14. The highest BCUT2D eigenvalue weighted by Crippen LogP contribution is 2.25. The standard InChI is InChI=1S/C9H10N4O/c1-9(14)4-13(5-9)8-2-7(3-10)11-6-12-8/h2,6,14H,4-5H2,1H3. The Morgan fingerprint density at radius 3 is 2.86 bits per heavy atom. The van der Waals surface area contributed by atoms with Crippen molar-refractivity contribution in [3.8, 4) is 6.07 Å². The van der Waals surface area contributed by atoms with Crippen LogP contribution in [0.5, 0.6) is 0 Å². The van der Waals surface area contributed by atoms with Gasteiger partial charge in [0.25, 0.3) is 0 Å². The largest absolute Gasteiger partial charge is 0.386 e. The van der Waals surface area contributed by atoms with Crippen LogP contribution in [0.2, 0.25) is 0 Å². The molecule has 0 aliphatic carbocycles. The van der Waals surface area contributed by atoms with E-state index in [0.717, 1.165) is 0 Å². The molecule has 1 aliphatic rings. The first kappa shape index (κ1) is 8.91. The maximum Gasteiger partial charge on any atom is 0.145 e. The van der Waals surface area contributed by atoms with Gasteiger partial charge in [-0.05, 0) is 6.92 Å². The van der Waals surface area contributed by atoms with E-state index in [-0.39, 0.29) is 0 Å². The second-order valence-electron chi connectivity index (χ2n) is 3.73. The predicted octanol–water partition coefficient (Wildman–Crippen LogP) is -0.0807. The first-order valence-electron chi connectivity index (χ1n) is 4.30. The first-order chi connectivity index (χ1) is 6.61. The summed E-state index contributed by atoms with van der Waals surface area (Å²) in [5.74, 6) is 0.697. The molecule has 0 amide bonds. The zero-order valence-corrected chi connectivity index (χ0v) is 7.80. The molecule has 0 atom stereocenters. The van der Waals surface area contributed by atoms with E-state index in [1.54, 1.807) is 13.0 Å². The van der Waals surface area contributed by atoms with Crippen LogP contribution in [0.3, 0.4) is 0 Å². The number of nitrogens with zero attached hydrogens (tertiary/aromatic N) is 4. The van der Waals surface area contributed by atoms with Crippen LogP contribution < -0.4 is 4.90 Å². The van der Waals surface area contributed by atoms with Crippen molar-refractivity contribution in [2.75, 3.05) is 18.0 Å². The van der Waals surface area contributed by atoms with Gasteiger partial charge in [0.05, 0.1) is 5.60 Å². The second kappa shape index (κ2) is 2.93. The molecular formula is C9H10N4O. The third-order valence-corrected chi connectivity index (χ3v) is 2.15. The van der Waals surface area contributed by atoms with Gasteiger partial charge in [-0.25, -0.2) is 9.97 Å². The molecule has 0 radical (unpaired) electrons. The van der Waals surface area contributed by atoms with E-state index in [1.807, 2.05) is 11.0 Å². The van der Waals surface area contributed by atoms with Crippen LogP contribution in [0, 0.1) is 11.3 Å². The van der Waals surface area contributed by atoms with Crippen molar-refractivity contribution in [2.24, 2.45) is 0 Å². The Balaban J connectivity index is 2.16. The number of anilines is 1. The molecule has 1 aromatic heterocycles. The van der Waals surface area contributed by atoms with Gasteiger partial charge in [-0.15, -0.1) is 0 Å². The molecule has 0 unspecified atom stereocenters. The fourth-order valence-electron chi connectivity index (χ4n) is 1.52. The zero-order chi connectivity index (χ0) is 10.2. The van der Waals surface area contributed by atoms with Crippen LogP contribution in [0.25, 0.3) is 0 Å². The van der Waals surface area contributed by atoms with Gasteiger partial charge >= 0.3 is 0 Å². The lowest BCUT2D eigenvalue weighted by Gasteiger charge is -2.44. The van der Waals surface area contributed by atoms with Crippen LogP contribution in [-0.4, -0.2) is 33.8 Å². The Morgan fingerprint density at radius 2 is 2.29 bits per heavy atom. The van der Waals surface area contributed by atoms with Gasteiger partial charge in [0, 0.05) is 19.2 Å². The third kappa shape index (κ3) is 1.52. The SMILES string of the molecule is CC1(O)CN(c2cc(C#N)ncn2)C1. The molecule has 2 rings (SSSR count). The van der Waals surface area contributed by atoms with Crippen molar-refractivity contribution in [1.82, 2.24) is 9.97 Å². The van der Waals surface area contributed by atoms with Gasteiger partial charge in [0.15, 0.2) is 0 Å². The summed E-state index contributed by atoms with van der Waals surface area (Å²) in [5.41, 5.74) is -0.279. The minimum Gasteiger partial charge on any atom is -0.386 e. The molecule has 1 aromatic rings. The molecule has 1 N–H and O–H groups in total. The number of nitriles is 1. The summed E-state index contributed by atoms with van der Waals surface area (Å²) in [5, 5.41) is 18.2. The van der Waals surface area contributed by atoms with E-state index < -0.39 is 5.60 Å². The molecule has 5 heteroatoms. The van der Waals surface area contributed by atoms with E-state index in [1.165, 1.54) is 6.33 Å². The summed E-state index contributed by atoms with van der Waals surface area (Å²) in [6, 6.07) is 3.57. The fraction of sp³-hybridized carbons (Fsp3) is 0.444. The molecule has 2 heterocycles. The topological polar surface area (TPSA) is 73.0 Å². The number of β-amino-alcohol motifs (C(OH)–C–C–N with tert-alkyl or cyclic N) is 1. The van der Waals surface area contributed by atoms with Crippen molar-refractivity contribution in [1.29, 1.82) is 5.26 Å². The lowest BCUT2D eigenvalue weighted by atomic mass is 9.97. The summed E-state index contributed by atoms with van der Waals surface area (Å²) < 4.78 is 0. The number of aromatic nitrogens is 2. The van der Waals surface area contributed by atoms with E-state index in [2.05, 4.69) is 9.97 Å². The fourth-order valence-corrected chi connectivity index (χ4v) is 1.52. The molecular weight excluding hydrogens is 180 g/mol. The van der Waals surface area contributed by atoms with Crippen LogP contribution in [0.1, 0.15) is 12.6 Å². The van der Waals surface area contributed by atoms with Gasteiger partial charge in [-0.2, -0.15) is 5.26 Å². The van der Waals surface area contributed by atoms with Crippen LogP contribution in [0.4, 0.5) is 5.82 Å². The monoisotopic (exact) mass is 190 g/mol. The molecule has 14 heavy (non-hydrogen) atoms. The van der Waals surface area contributed by atoms with Gasteiger partial charge in [-0.3, -0.25) is 0 Å². The zero-order valence-electron chi connectivity index (χ0n) is 7.80. The number of rotatable bonds is 1. The second-order valence-corrected chi connectivity index (χ2v) is 3.73. The number of hydrogen-bond donors (Lipinski definition) is 1. The minimum absolute atomic E-state index is 0.349. The minimum atomic E-state index is -0.627. The molecule has 5 nitrogen and oxygen atoms in total. The summed E-state index contributed by atoms with van der Waals surface area (Å²) >= 11 is 0. The van der Waals surface area contributed by atoms with E-state index in [0.29, 0.717) is 24.6 Å². The maximum atomic E-state index is 9.52. The predicted molar refractivity (Wildman–Crippen MR) is 49.6 cm³/mol. The lowest BCUT2D eigenvalue weighted by molar-refractivity contribution is 0.0305. The Kier molecular flexibility index (Phi) is 1.86. The van der Waals surface area contributed by atoms with Crippen molar-refractivity contribution in [3.63, 3.8) is 0 Å². The van der Waals surface area contributed by atoms with Gasteiger partial charge in [0.2, 0.25) is 0 Å². The molecule has 1 fully saturated rings. The van der Waals surface area contributed by atoms with Crippen molar-refractivity contribution in [3.05, 3.63) is 18.1 Å². The number of hydrogen-bond acceptors (Lipinski definition) is 5. The third-order valence-electron chi connectivity index (χ3n) is 2.15. The quantitative estimate of drug-likeness (QED) is 0.670. The molecule has 0 aromatic carbocycles. The lowest BCUT2D eigenvalue weighted by Crippen LogP contribution is -2.60. The summed E-state index contributed by atoms with van der Waals surface area (Å²) in [6.45, 7) is 2.87. The van der Waals surface area contributed by atoms with Crippen LogP contribution in [-0.2, 0) is 0 Å². The summed E-state index contributed by atoms with van der Waals surface area (Å²) in [7, 11) is 0. The Hall–Kier alpha value is -1.67. The number of aliphatic hydroxyl groups is 1. The molecule has 1 aliphatic heterocycles. The first-order valence-corrected chi connectivity index (χ1v) is 4.30. The van der Waals surface area contributed by atoms with Crippen molar-refractivity contribution < 1.29 is 5.11 Å². The van der Waals surface area contributed by atoms with Crippen LogP contribution in [0.15, 0.2) is 12.4 Å². The highest BCUT2D eigenvalue weighted by Gasteiger charge is 2.37. The Bertz CT molecular complexity index is 388. The van der Waals surface area contributed by atoms with Crippen LogP contribution >= 0.6 is 0 Å². The Morgan fingerprint density at radius 1 is 1.57 bits per heavy atom. The van der Waals surface area contributed by atoms with Gasteiger partial charge < -0.3 is 10.0 Å². The average molecular weight is 190 g/mol. The van der Waals surface area contributed by atoms with E-state index in [9.17, 15) is 5.11 Å². The van der Waals surface area contributed by atoms with Crippen molar-refractivity contribution >= 4 is 5.82 Å².